The summed E-state index contributed by atoms with van der Waals surface area (Å²) >= 11 is 1.32. The van der Waals surface area contributed by atoms with E-state index < -0.39 is 17.5 Å². The smallest absolute Gasteiger partial charge is 0.383 e. The van der Waals surface area contributed by atoms with Crippen LogP contribution in [-0.2, 0) is 16.6 Å². The second-order valence-electron chi connectivity index (χ2n) is 9.46. The Balaban J connectivity index is 1.48. The zero-order chi connectivity index (χ0) is 27.1. The monoisotopic (exact) mass is 543 g/mol. The van der Waals surface area contributed by atoms with E-state index in [0.29, 0.717) is 30.0 Å². The van der Waals surface area contributed by atoms with Gasteiger partial charge in [-0.1, -0.05) is 6.92 Å². The minimum absolute atomic E-state index is 0.0914. The van der Waals surface area contributed by atoms with Crippen molar-refractivity contribution < 1.29 is 23.1 Å². The van der Waals surface area contributed by atoms with Gasteiger partial charge in [-0.3, -0.25) is 9.89 Å². The van der Waals surface area contributed by atoms with Gasteiger partial charge in [0.2, 0.25) is 11.9 Å². The Morgan fingerprint density at radius 3 is 2.68 bits per heavy atom. The van der Waals surface area contributed by atoms with Crippen LogP contribution in [0.2, 0.25) is 0 Å². The van der Waals surface area contributed by atoms with Crippen LogP contribution in [0, 0.1) is 11.8 Å². The van der Waals surface area contributed by atoms with Gasteiger partial charge in [-0.05, 0) is 60.6 Å². The minimum Gasteiger partial charge on any atom is -0.383 e. The molecule has 1 aromatic carbocycles. The molecule has 1 aliphatic carbocycles. The molecular formula is C25H24F3N7O2S. The number of anilines is 2. The Kier molecular flexibility index (Phi) is 6.65. The Labute approximate surface area is 219 Å². The first-order chi connectivity index (χ1) is 18.0. The molecular weight excluding hydrogens is 519 g/mol. The first-order valence-corrected chi connectivity index (χ1v) is 12.6. The molecule has 0 bridgehead atoms. The number of thiazole rings is 1. The first kappa shape index (κ1) is 25.8. The third-order valence-corrected chi connectivity index (χ3v) is 7.98. The molecule has 0 saturated heterocycles. The maximum Gasteiger partial charge on any atom is 0.433 e. The molecule has 0 spiro atoms. The number of rotatable bonds is 6. The van der Waals surface area contributed by atoms with Gasteiger partial charge in [0, 0.05) is 35.8 Å². The largest absolute Gasteiger partial charge is 0.433 e. The standard InChI is InChI=1S/C25H24F3N7O2S/c1-13-9-24(37,4-2-18(13)21(29)36)22-31-12-19(38-22)15-6-14(16-10-32-33-11-16)7-17(8-15)34-23-30-5-3-20(35-23)25(26,27)28/h3,5-8,10-13,18,37H,2,4,9H2,1H3,(H2,29,36)(H,32,33)(H,30,34,35)/t13?,18?,24-/m0/s1. The minimum atomic E-state index is -4.60. The van der Waals surface area contributed by atoms with Gasteiger partial charge in [-0.2, -0.15) is 18.3 Å². The normalized spacial score (nSPS) is 21.8. The van der Waals surface area contributed by atoms with Gasteiger partial charge in [0.05, 0.1) is 11.1 Å². The predicted molar refractivity (Wildman–Crippen MR) is 135 cm³/mol. The van der Waals surface area contributed by atoms with Crippen LogP contribution >= 0.6 is 11.3 Å². The zero-order valence-electron chi connectivity index (χ0n) is 20.2. The highest BCUT2D eigenvalue weighted by Crippen LogP contribution is 2.45. The lowest BCUT2D eigenvalue weighted by Crippen LogP contribution is -2.40. The molecule has 4 aromatic rings. The maximum atomic E-state index is 13.1. The summed E-state index contributed by atoms with van der Waals surface area (Å²) in [6.07, 6.45) is 2.63. The van der Waals surface area contributed by atoms with E-state index in [1.165, 1.54) is 11.3 Å². The van der Waals surface area contributed by atoms with Gasteiger partial charge in [0.15, 0.2) is 0 Å². The number of hydrogen-bond donors (Lipinski definition) is 4. The molecule has 3 atom stereocenters. The number of primary amides is 1. The molecule has 1 aliphatic rings. The molecule has 13 heteroatoms. The molecule has 5 rings (SSSR count). The number of halogens is 3. The number of alkyl halides is 3. The number of carbonyl (C=O) groups excluding carboxylic acids is 1. The Bertz CT molecular complexity index is 1460. The second kappa shape index (κ2) is 9.80. The molecule has 38 heavy (non-hydrogen) atoms. The van der Waals surface area contributed by atoms with E-state index in [2.05, 4.69) is 30.5 Å². The summed E-state index contributed by atoms with van der Waals surface area (Å²) in [6.45, 7) is 1.90. The number of carbonyl (C=O) groups is 1. The number of H-pyrrole nitrogens is 1. The third-order valence-electron chi connectivity index (χ3n) is 6.74. The Morgan fingerprint density at radius 1 is 1.21 bits per heavy atom. The number of hydrogen-bond acceptors (Lipinski definition) is 8. The molecule has 3 aromatic heterocycles. The van der Waals surface area contributed by atoms with Crippen molar-refractivity contribution in [3.05, 3.63) is 59.8 Å². The van der Waals surface area contributed by atoms with E-state index in [0.717, 1.165) is 33.8 Å². The van der Waals surface area contributed by atoms with E-state index in [4.69, 9.17) is 5.73 Å². The van der Waals surface area contributed by atoms with E-state index in [-0.39, 0.29) is 23.7 Å². The van der Waals surface area contributed by atoms with Gasteiger partial charge < -0.3 is 16.2 Å². The molecule has 3 heterocycles. The molecule has 9 nitrogen and oxygen atoms in total. The summed E-state index contributed by atoms with van der Waals surface area (Å²) in [4.78, 5) is 24.5. The summed E-state index contributed by atoms with van der Waals surface area (Å²) in [5, 5.41) is 21.5. The van der Waals surface area contributed by atoms with Gasteiger partial charge in [-0.15, -0.1) is 11.3 Å². The summed E-state index contributed by atoms with van der Waals surface area (Å²) < 4.78 is 39.4. The Hall–Kier alpha value is -3.84. The van der Waals surface area contributed by atoms with Crippen LogP contribution in [0.5, 0.6) is 0 Å². The number of benzene rings is 1. The molecule has 1 fully saturated rings. The maximum absolute atomic E-state index is 13.1. The summed E-state index contributed by atoms with van der Waals surface area (Å²) in [5.41, 5.74) is 5.97. The number of amides is 1. The van der Waals surface area contributed by atoms with E-state index >= 15 is 0 Å². The lowest BCUT2D eigenvalue weighted by atomic mass is 9.72. The molecule has 0 aliphatic heterocycles. The molecule has 0 radical (unpaired) electrons. The summed E-state index contributed by atoms with van der Waals surface area (Å²) in [7, 11) is 0. The number of nitrogens with two attached hydrogens (primary N) is 1. The lowest BCUT2D eigenvalue weighted by molar-refractivity contribution is -0.141. The van der Waals surface area contributed by atoms with Crippen molar-refractivity contribution in [2.75, 3.05) is 5.32 Å². The fourth-order valence-corrected chi connectivity index (χ4v) is 5.85. The van der Waals surface area contributed by atoms with E-state index in [9.17, 15) is 23.1 Å². The summed E-state index contributed by atoms with van der Waals surface area (Å²) in [6, 6.07) is 6.21. The van der Waals surface area contributed by atoms with Gasteiger partial charge >= 0.3 is 6.18 Å². The predicted octanol–water partition coefficient (Wildman–Crippen LogP) is 4.86. The second-order valence-corrected chi connectivity index (χ2v) is 10.5. The Morgan fingerprint density at radius 2 is 2.00 bits per heavy atom. The summed E-state index contributed by atoms with van der Waals surface area (Å²) in [5.74, 6) is -0.936. The molecule has 198 valence electrons. The number of aromatic amines is 1. The first-order valence-electron chi connectivity index (χ1n) is 11.8. The number of nitrogens with one attached hydrogen (secondary N) is 2. The molecule has 1 amide bonds. The van der Waals surface area contributed by atoms with Crippen molar-refractivity contribution >= 4 is 28.9 Å². The lowest BCUT2D eigenvalue weighted by Gasteiger charge is -2.37. The van der Waals surface area contributed by atoms with Gasteiger partial charge in [0.25, 0.3) is 0 Å². The van der Waals surface area contributed by atoms with Crippen LogP contribution < -0.4 is 11.1 Å². The number of aliphatic hydroxyl groups is 1. The zero-order valence-corrected chi connectivity index (χ0v) is 21.0. The molecule has 5 N–H and O–H groups in total. The molecule has 1 saturated carbocycles. The van der Waals surface area contributed by atoms with Crippen LogP contribution in [-0.4, -0.2) is 36.2 Å². The fourth-order valence-electron chi connectivity index (χ4n) is 4.82. The SMILES string of the molecule is CC1C[C@](O)(c2ncc(-c3cc(Nc4nccc(C(F)(F)F)n4)cc(-c4cn[nH]c4)c3)s2)CCC1C(N)=O. The van der Waals surface area contributed by atoms with Gasteiger partial charge in [-0.25, -0.2) is 15.0 Å². The van der Waals surface area contributed by atoms with Crippen molar-refractivity contribution in [2.24, 2.45) is 17.6 Å². The van der Waals surface area contributed by atoms with Crippen LogP contribution in [0.25, 0.3) is 21.6 Å². The molecule has 2 unspecified atom stereocenters. The van der Waals surface area contributed by atoms with E-state index in [1.54, 1.807) is 30.7 Å². The topological polar surface area (TPSA) is 143 Å². The number of aromatic nitrogens is 5. The van der Waals surface area contributed by atoms with Crippen molar-refractivity contribution in [3.63, 3.8) is 0 Å². The van der Waals surface area contributed by atoms with Crippen molar-refractivity contribution in [1.29, 1.82) is 0 Å². The van der Waals surface area contributed by atoms with Gasteiger partial charge in [0.1, 0.15) is 16.3 Å². The highest BCUT2D eigenvalue weighted by atomic mass is 32.1. The van der Waals surface area contributed by atoms with Crippen molar-refractivity contribution in [3.8, 4) is 21.6 Å². The van der Waals surface area contributed by atoms with Crippen molar-refractivity contribution in [2.45, 2.75) is 38.0 Å². The number of nitrogens with zero attached hydrogens (tertiary/aromatic N) is 4. The van der Waals surface area contributed by atoms with E-state index in [1.807, 2.05) is 13.0 Å². The van der Waals surface area contributed by atoms with Crippen LogP contribution in [0.15, 0.2) is 49.1 Å². The quantitative estimate of drug-likeness (QED) is 0.272. The highest BCUT2D eigenvalue weighted by Gasteiger charge is 2.42. The van der Waals surface area contributed by atoms with Crippen LogP contribution in [0.1, 0.15) is 36.9 Å². The average Bonchev–Trinajstić information content (AvgIpc) is 3.56. The fraction of sp³-hybridized carbons (Fsp3) is 0.320. The average molecular weight is 544 g/mol. The third kappa shape index (κ3) is 5.24. The van der Waals surface area contributed by atoms with Crippen molar-refractivity contribution in [1.82, 2.24) is 25.1 Å². The van der Waals surface area contributed by atoms with Crippen LogP contribution in [0.3, 0.4) is 0 Å². The van der Waals surface area contributed by atoms with Crippen LogP contribution in [0.4, 0.5) is 24.8 Å². The highest BCUT2D eigenvalue weighted by molar-refractivity contribution is 7.15.